The number of aliphatic carboxylic acids is 1. The van der Waals surface area contributed by atoms with Gasteiger partial charge in [0.1, 0.15) is 0 Å². The van der Waals surface area contributed by atoms with Crippen molar-refractivity contribution in [2.45, 2.75) is 13.3 Å². The van der Waals surface area contributed by atoms with Crippen molar-refractivity contribution in [2.75, 3.05) is 13.1 Å². The second-order valence-electron chi connectivity index (χ2n) is 4.67. The minimum Gasteiger partial charge on any atom is -0.481 e. The van der Waals surface area contributed by atoms with Gasteiger partial charge in [-0.2, -0.15) is 0 Å². The van der Waals surface area contributed by atoms with E-state index in [-0.39, 0.29) is 37.2 Å². The Hall–Kier alpha value is -1.89. The van der Waals surface area contributed by atoms with Gasteiger partial charge in [-0.1, -0.05) is 19.1 Å². The Balaban J connectivity index is 2.35. The van der Waals surface area contributed by atoms with Crippen molar-refractivity contribution in [1.82, 2.24) is 10.6 Å². The van der Waals surface area contributed by atoms with Crippen LogP contribution in [0.2, 0.25) is 0 Å². The molecule has 3 N–H and O–H groups in total. The fourth-order valence-electron chi connectivity index (χ4n) is 1.62. The molecule has 0 saturated carbocycles. The Morgan fingerprint density at radius 2 is 1.90 bits per heavy atom. The van der Waals surface area contributed by atoms with Gasteiger partial charge in [-0.25, -0.2) is 0 Å². The van der Waals surface area contributed by atoms with Crippen molar-refractivity contribution in [3.05, 3.63) is 34.3 Å². The van der Waals surface area contributed by atoms with Crippen LogP contribution in [0.1, 0.15) is 23.7 Å². The normalized spacial score (nSPS) is 11.5. The Morgan fingerprint density at radius 1 is 1.24 bits per heavy atom. The largest absolute Gasteiger partial charge is 0.481 e. The van der Waals surface area contributed by atoms with Crippen LogP contribution in [0.4, 0.5) is 0 Å². The summed E-state index contributed by atoms with van der Waals surface area (Å²) < 4.78 is 0.651. The van der Waals surface area contributed by atoms with Crippen molar-refractivity contribution >= 4 is 33.7 Å². The summed E-state index contributed by atoms with van der Waals surface area (Å²) in [6, 6.07) is 6.90. The molecule has 0 saturated heterocycles. The zero-order chi connectivity index (χ0) is 15.8. The number of benzene rings is 1. The summed E-state index contributed by atoms with van der Waals surface area (Å²) in [5, 5.41) is 13.7. The lowest BCUT2D eigenvalue weighted by atomic mass is 10.1. The molecule has 114 valence electrons. The average Bonchev–Trinajstić information content (AvgIpc) is 2.42. The van der Waals surface area contributed by atoms with Crippen molar-refractivity contribution in [3.63, 3.8) is 0 Å². The second-order valence-corrected chi connectivity index (χ2v) is 5.52. The molecule has 1 rings (SSSR count). The molecule has 0 radical (unpaired) electrons. The van der Waals surface area contributed by atoms with Crippen LogP contribution in [0.5, 0.6) is 0 Å². The third kappa shape index (κ3) is 6.40. The average molecular weight is 357 g/mol. The van der Waals surface area contributed by atoms with Gasteiger partial charge in [-0.3, -0.25) is 14.4 Å². The molecule has 0 aliphatic carbocycles. The predicted molar refractivity (Wildman–Crippen MR) is 80.9 cm³/mol. The molecule has 2 amide bonds. The summed E-state index contributed by atoms with van der Waals surface area (Å²) in [5.74, 6) is -1.77. The number of carboxylic acids is 1. The van der Waals surface area contributed by atoms with E-state index in [0.717, 1.165) is 0 Å². The summed E-state index contributed by atoms with van der Waals surface area (Å²) in [7, 11) is 0. The summed E-state index contributed by atoms with van der Waals surface area (Å²) in [6.45, 7) is 1.84. The first-order valence-electron chi connectivity index (χ1n) is 6.41. The molecule has 1 aromatic carbocycles. The molecule has 7 heteroatoms. The first-order valence-corrected chi connectivity index (χ1v) is 7.20. The van der Waals surface area contributed by atoms with Crippen LogP contribution in [0, 0.1) is 5.92 Å². The molecule has 21 heavy (non-hydrogen) atoms. The highest BCUT2D eigenvalue weighted by Crippen LogP contribution is 2.15. The van der Waals surface area contributed by atoms with Gasteiger partial charge in [0, 0.05) is 17.4 Å². The summed E-state index contributed by atoms with van der Waals surface area (Å²) in [6.07, 6.45) is -0.0103. The fourth-order valence-corrected chi connectivity index (χ4v) is 2.09. The first kappa shape index (κ1) is 17.2. The number of carbonyl (C=O) groups is 3. The van der Waals surface area contributed by atoms with Gasteiger partial charge in [0.05, 0.1) is 12.1 Å². The molecule has 1 atom stereocenters. The topological polar surface area (TPSA) is 95.5 Å². The molecule has 1 unspecified atom stereocenters. The summed E-state index contributed by atoms with van der Waals surface area (Å²) in [5.41, 5.74) is 0.449. The minimum absolute atomic E-state index is 0.0103. The van der Waals surface area contributed by atoms with Crippen LogP contribution in [0.3, 0.4) is 0 Å². The molecule has 0 aromatic heterocycles. The maximum Gasteiger partial charge on any atom is 0.303 e. The predicted octanol–water partition coefficient (Wildman–Crippen LogP) is 1.41. The van der Waals surface area contributed by atoms with Crippen molar-refractivity contribution < 1.29 is 19.5 Å². The highest BCUT2D eigenvalue weighted by molar-refractivity contribution is 9.10. The van der Waals surface area contributed by atoms with Crippen LogP contribution in [0.25, 0.3) is 0 Å². The van der Waals surface area contributed by atoms with E-state index in [0.29, 0.717) is 10.0 Å². The lowest BCUT2D eigenvalue weighted by Crippen LogP contribution is -2.38. The fraction of sp³-hybridized carbons (Fsp3) is 0.357. The zero-order valence-electron chi connectivity index (χ0n) is 11.6. The standard InChI is InChI=1S/C14H17BrN2O4/c1-9(6-13(19)20)7-16-12(18)8-17-14(21)10-4-2-3-5-11(10)15/h2-5,9H,6-8H2,1H3,(H,16,18)(H,17,21)(H,19,20). The number of nitrogens with one attached hydrogen (secondary N) is 2. The van der Waals surface area contributed by atoms with Gasteiger partial charge in [-0.15, -0.1) is 0 Å². The van der Waals surface area contributed by atoms with Crippen LogP contribution < -0.4 is 10.6 Å². The molecule has 0 aliphatic rings. The van der Waals surface area contributed by atoms with Gasteiger partial charge in [0.2, 0.25) is 5.91 Å². The maximum absolute atomic E-state index is 11.9. The Morgan fingerprint density at radius 3 is 2.52 bits per heavy atom. The van der Waals surface area contributed by atoms with Gasteiger partial charge >= 0.3 is 5.97 Å². The van der Waals surface area contributed by atoms with E-state index < -0.39 is 5.97 Å². The second kappa shape index (κ2) is 8.41. The highest BCUT2D eigenvalue weighted by atomic mass is 79.9. The Kier molecular flexibility index (Phi) is 6.87. The summed E-state index contributed by atoms with van der Waals surface area (Å²) >= 11 is 3.26. The minimum atomic E-state index is -0.904. The van der Waals surface area contributed by atoms with Gasteiger partial charge < -0.3 is 15.7 Å². The first-order chi connectivity index (χ1) is 9.90. The van der Waals surface area contributed by atoms with E-state index in [1.54, 1.807) is 31.2 Å². The van der Waals surface area contributed by atoms with E-state index >= 15 is 0 Å². The van der Waals surface area contributed by atoms with Gasteiger partial charge in [0.25, 0.3) is 5.91 Å². The number of rotatable bonds is 7. The molecule has 6 nitrogen and oxygen atoms in total. The SMILES string of the molecule is CC(CNC(=O)CNC(=O)c1ccccc1Br)CC(=O)O. The number of hydrogen-bond donors (Lipinski definition) is 3. The Labute approximate surface area is 131 Å². The van der Waals surface area contributed by atoms with Crippen molar-refractivity contribution in [3.8, 4) is 0 Å². The molecular weight excluding hydrogens is 340 g/mol. The van der Waals surface area contributed by atoms with E-state index in [2.05, 4.69) is 26.6 Å². The molecule has 0 heterocycles. The number of amides is 2. The number of hydrogen-bond acceptors (Lipinski definition) is 3. The molecule has 1 aromatic rings. The van der Waals surface area contributed by atoms with Crippen LogP contribution >= 0.6 is 15.9 Å². The number of carbonyl (C=O) groups excluding carboxylic acids is 2. The maximum atomic E-state index is 11.9. The van der Waals surface area contributed by atoms with E-state index in [9.17, 15) is 14.4 Å². The Bertz CT molecular complexity index is 533. The van der Waals surface area contributed by atoms with Gasteiger partial charge in [0.15, 0.2) is 0 Å². The molecular formula is C14H17BrN2O4. The zero-order valence-corrected chi connectivity index (χ0v) is 13.1. The van der Waals surface area contributed by atoms with Crippen molar-refractivity contribution in [2.24, 2.45) is 5.92 Å². The van der Waals surface area contributed by atoms with Gasteiger partial charge in [-0.05, 0) is 34.0 Å². The third-order valence-electron chi connectivity index (χ3n) is 2.70. The lowest BCUT2D eigenvalue weighted by Gasteiger charge is -2.11. The third-order valence-corrected chi connectivity index (χ3v) is 3.39. The van der Waals surface area contributed by atoms with E-state index in [1.165, 1.54) is 0 Å². The summed E-state index contributed by atoms with van der Waals surface area (Å²) in [4.78, 5) is 33.9. The number of carboxylic acid groups (broad SMARTS) is 1. The van der Waals surface area contributed by atoms with Crippen molar-refractivity contribution in [1.29, 1.82) is 0 Å². The molecule has 0 fully saturated rings. The highest BCUT2D eigenvalue weighted by Gasteiger charge is 2.12. The van der Waals surface area contributed by atoms with E-state index in [1.807, 2.05) is 0 Å². The smallest absolute Gasteiger partial charge is 0.303 e. The molecule has 0 aliphatic heterocycles. The van der Waals surface area contributed by atoms with Crippen LogP contribution in [-0.4, -0.2) is 36.0 Å². The quantitative estimate of drug-likeness (QED) is 0.688. The van der Waals surface area contributed by atoms with Crippen LogP contribution in [-0.2, 0) is 9.59 Å². The molecule has 0 spiro atoms. The number of halogens is 1. The van der Waals surface area contributed by atoms with E-state index in [4.69, 9.17) is 5.11 Å². The molecule has 0 bridgehead atoms. The van der Waals surface area contributed by atoms with Crippen LogP contribution in [0.15, 0.2) is 28.7 Å². The monoisotopic (exact) mass is 356 g/mol. The lowest BCUT2D eigenvalue weighted by molar-refractivity contribution is -0.138.